The summed E-state index contributed by atoms with van der Waals surface area (Å²) in [4.78, 5) is 2.49. The number of hydrogen-bond acceptors (Lipinski definition) is 3. The summed E-state index contributed by atoms with van der Waals surface area (Å²) in [7, 11) is 0. The number of anilines is 2. The third-order valence-electron chi connectivity index (χ3n) is 5.43. The number of hydrazone groups is 1. The Bertz CT molecular complexity index is 834. The van der Waals surface area contributed by atoms with Crippen molar-refractivity contribution < 1.29 is 0 Å². The van der Waals surface area contributed by atoms with Crippen LogP contribution in [-0.2, 0) is 0 Å². The van der Waals surface area contributed by atoms with Gasteiger partial charge in [-0.3, -0.25) is 5.43 Å². The first kappa shape index (κ1) is 20.3. The maximum atomic E-state index is 5.39. The molecule has 148 valence electrons. The zero-order chi connectivity index (χ0) is 19.9. The van der Waals surface area contributed by atoms with E-state index in [1.54, 1.807) is 0 Å². The van der Waals surface area contributed by atoms with Gasteiger partial charge in [-0.15, -0.1) is 0 Å². The molecule has 2 aromatic carbocycles. The minimum atomic E-state index is 0.495. The summed E-state index contributed by atoms with van der Waals surface area (Å²) in [6.45, 7) is 8.49. The summed E-state index contributed by atoms with van der Waals surface area (Å²) in [5.74, 6) is 0. The maximum absolute atomic E-state index is 5.39. The van der Waals surface area contributed by atoms with Crippen molar-refractivity contribution in [1.29, 1.82) is 0 Å². The summed E-state index contributed by atoms with van der Waals surface area (Å²) in [6.07, 6.45) is 5.28. The van der Waals surface area contributed by atoms with Gasteiger partial charge in [0.25, 0.3) is 0 Å². The van der Waals surface area contributed by atoms with Gasteiger partial charge in [0.1, 0.15) is 0 Å². The van der Waals surface area contributed by atoms with Crippen molar-refractivity contribution in [2.75, 3.05) is 23.3 Å². The molecule has 0 aliphatic carbocycles. The highest BCUT2D eigenvalue weighted by atomic mass is 32.1. The fourth-order valence-corrected chi connectivity index (χ4v) is 3.63. The largest absolute Gasteiger partial charge is 0.372 e. The van der Waals surface area contributed by atoms with Gasteiger partial charge in [0.2, 0.25) is 0 Å². The molecule has 0 saturated carbocycles. The molecule has 1 aliphatic rings. The van der Waals surface area contributed by atoms with E-state index in [1.807, 2.05) is 19.1 Å². The van der Waals surface area contributed by atoms with Gasteiger partial charge in [0, 0.05) is 24.5 Å². The Labute approximate surface area is 174 Å². The van der Waals surface area contributed by atoms with E-state index < -0.39 is 0 Å². The van der Waals surface area contributed by atoms with Crippen LogP contribution >= 0.6 is 12.2 Å². The number of nitrogens with zero attached hydrogens (tertiary/aromatic N) is 2. The molecular formula is C23H30N4S. The second-order valence-electron chi connectivity index (χ2n) is 7.46. The van der Waals surface area contributed by atoms with E-state index in [9.17, 15) is 0 Å². The number of benzene rings is 2. The predicted molar refractivity (Wildman–Crippen MR) is 125 cm³/mol. The monoisotopic (exact) mass is 394 g/mol. The van der Waals surface area contributed by atoms with Gasteiger partial charge in [0.15, 0.2) is 5.11 Å². The van der Waals surface area contributed by atoms with E-state index in [0.29, 0.717) is 5.11 Å². The molecule has 1 aliphatic heterocycles. The highest BCUT2D eigenvalue weighted by molar-refractivity contribution is 7.80. The van der Waals surface area contributed by atoms with Gasteiger partial charge in [-0.2, -0.15) is 5.10 Å². The Balaban J connectivity index is 1.59. The number of rotatable bonds is 4. The molecule has 2 N–H and O–H groups in total. The Morgan fingerprint density at radius 3 is 2.32 bits per heavy atom. The predicted octanol–water partition coefficient (Wildman–Crippen LogP) is 5.39. The van der Waals surface area contributed by atoms with Gasteiger partial charge in [-0.1, -0.05) is 37.1 Å². The van der Waals surface area contributed by atoms with Gasteiger partial charge >= 0.3 is 0 Å². The van der Waals surface area contributed by atoms with Crippen molar-refractivity contribution in [3.05, 3.63) is 59.2 Å². The first-order valence-corrected chi connectivity index (χ1v) is 10.5. The zero-order valence-corrected chi connectivity index (χ0v) is 17.9. The van der Waals surface area contributed by atoms with Crippen LogP contribution in [0.1, 0.15) is 49.3 Å². The fraction of sp³-hybridized carbons (Fsp3) is 0.391. The molecule has 0 bridgehead atoms. The molecule has 5 heteroatoms. The van der Waals surface area contributed by atoms with Gasteiger partial charge in [-0.25, -0.2) is 0 Å². The van der Waals surface area contributed by atoms with Crippen LogP contribution in [0.3, 0.4) is 0 Å². The normalized spacial score (nSPS) is 15.1. The van der Waals surface area contributed by atoms with Crippen molar-refractivity contribution >= 4 is 34.4 Å². The van der Waals surface area contributed by atoms with Crippen LogP contribution in [-0.4, -0.2) is 23.9 Å². The van der Waals surface area contributed by atoms with E-state index in [4.69, 9.17) is 12.2 Å². The van der Waals surface area contributed by atoms with Crippen LogP contribution in [0.4, 0.5) is 11.4 Å². The molecule has 2 aromatic rings. The molecule has 4 nitrogen and oxygen atoms in total. The van der Waals surface area contributed by atoms with Crippen molar-refractivity contribution in [2.45, 2.75) is 46.5 Å². The lowest BCUT2D eigenvalue weighted by atomic mass is 10.1. The first-order valence-electron chi connectivity index (χ1n) is 10.1. The zero-order valence-electron chi connectivity index (χ0n) is 17.1. The van der Waals surface area contributed by atoms with E-state index in [0.717, 1.165) is 30.1 Å². The molecule has 28 heavy (non-hydrogen) atoms. The third kappa shape index (κ3) is 5.32. The number of aryl methyl sites for hydroxylation is 1. The molecule has 0 aromatic heterocycles. The number of nitrogens with one attached hydrogen (secondary N) is 2. The summed E-state index contributed by atoms with van der Waals surface area (Å²) in [6, 6.07) is 14.8. The van der Waals surface area contributed by atoms with Crippen molar-refractivity contribution in [3.8, 4) is 0 Å². The fourth-order valence-electron chi connectivity index (χ4n) is 3.48. The topological polar surface area (TPSA) is 39.7 Å². The number of hydrogen-bond donors (Lipinski definition) is 2. The molecule has 0 radical (unpaired) electrons. The Morgan fingerprint density at radius 1 is 0.964 bits per heavy atom. The van der Waals surface area contributed by atoms with Gasteiger partial charge in [-0.05, 0) is 80.7 Å². The van der Waals surface area contributed by atoms with Crippen LogP contribution in [0.15, 0.2) is 47.6 Å². The Morgan fingerprint density at radius 2 is 1.64 bits per heavy atom. The lowest BCUT2D eigenvalue weighted by molar-refractivity contribution is 0.726. The van der Waals surface area contributed by atoms with Crippen molar-refractivity contribution in [2.24, 2.45) is 5.10 Å². The highest BCUT2D eigenvalue weighted by Crippen LogP contribution is 2.20. The maximum Gasteiger partial charge on any atom is 0.191 e. The summed E-state index contributed by atoms with van der Waals surface area (Å²) < 4.78 is 0. The average molecular weight is 395 g/mol. The van der Waals surface area contributed by atoms with E-state index >= 15 is 0 Å². The van der Waals surface area contributed by atoms with E-state index in [2.05, 4.69) is 64.9 Å². The Hall–Kier alpha value is -2.40. The average Bonchev–Trinajstić information content (AvgIpc) is 2.99. The van der Waals surface area contributed by atoms with Gasteiger partial charge in [0.05, 0.1) is 5.71 Å². The molecule has 0 unspecified atom stereocenters. The molecular weight excluding hydrogens is 364 g/mol. The van der Waals surface area contributed by atoms with Crippen molar-refractivity contribution in [1.82, 2.24) is 5.43 Å². The van der Waals surface area contributed by atoms with Crippen molar-refractivity contribution in [3.63, 3.8) is 0 Å². The Kier molecular flexibility index (Phi) is 7.04. The molecule has 0 spiro atoms. The lowest BCUT2D eigenvalue weighted by Gasteiger charge is -2.22. The standard InChI is InChI=1S/C23H30N4S/c1-17-9-8-10-22(18(17)2)24-23(28)26-25-19(3)20-11-13-21(14-12-20)27-15-6-4-5-7-16-27/h8-14H,4-7,15-16H2,1-3H3,(H2,24,26,28). The van der Waals surface area contributed by atoms with Crippen LogP contribution < -0.4 is 15.6 Å². The quantitative estimate of drug-likeness (QED) is 0.414. The molecule has 1 heterocycles. The second kappa shape index (κ2) is 9.69. The smallest absolute Gasteiger partial charge is 0.191 e. The van der Waals surface area contributed by atoms with Crippen LogP contribution in [0.2, 0.25) is 0 Å². The molecule has 3 rings (SSSR count). The van der Waals surface area contributed by atoms with Crippen LogP contribution in [0.5, 0.6) is 0 Å². The summed E-state index contributed by atoms with van der Waals surface area (Å²) in [5.41, 5.74) is 9.70. The molecule has 1 saturated heterocycles. The SMILES string of the molecule is CC(=NNC(=S)Nc1cccc(C)c1C)c1ccc(N2CCCCCC2)cc1. The molecule has 0 amide bonds. The summed E-state index contributed by atoms with van der Waals surface area (Å²) in [5, 5.41) is 8.17. The second-order valence-corrected chi connectivity index (χ2v) is 7.87. The molecule has 0 atom stereocenters. The van der Waals surface area contributed by atoms with Crippen LogP contribution in [0.25, 0.3) is 0 Å². The lowest BCUT2D eigenvalue weighted by Crippen LogP contribution is -2.25. The molecule has 1 fully saturated rings. The minimum Gasteiger partial charge on any atom is -0.372 e. The minimum absolute atomic E-state index is 0.495. The number of thiocarbonyl (C=S) groups is 1. The van der Waals surface area contributed by atoms with E-state index in [1.165, 1.54) is 42.5 Å². The van der Waals surface area contributed by atoms with Gasteiger partial charge < -0.3 is 10.2 Å². The summed E-state index contributed by atoms with van der Waals surface area (Å²) >= 11 is 5.39. The third-order valence-corrected chi connectivity index (χ3v) is 5.63. The van der Waals surface area contributed by atoms with E-state index in [-0.39, 0.29) is 0 Å². The van der Waals surface area contributed by atoms with Crippen LogP contribution in [0, 0.1) is 13.8 Å². The first-order chi connectivity index (χ1) is 13.5. The highest BCUT2D eigenvalue weighted by Gasteiger charge is 2.10.